The van der Waals surface area contributed by atoms with Gasteiger partial charge in [-0.25, -0.2) is 0 Å². The normalized spacial score (nSPS) is 10.7. The number of carboxylic acids is 1. The van der Waals surface area contributed by atoms with Crippen LogP contribution in [0.2, 0.25) is 0 Å². The third-order valence-corrected chi connectivity index (χ3v) is 5.23. The van der Waals surface area contributed by atoms with E-state index in [1.165, 1.54) is 0 Å². The second-order valence-corrected chi connectivity index (χ2v) is 8.43. The number of aliphatic carboxylic acids is 1. The summed E-state index contributed by atoms with van der Waals surface area (Å²) >= 11 is 0. The van der Waals surface area contributed by atoms with E-state index in [-0.39, 0.29) is 11.3 Å². The Morgan fingerprint density at radius 2 is 1.27 bits per heavy atom. The van der Waals surface area contributed by atoms with Crippen LogP contribution in [0.3, 0.4) is 0 Å². The first-order valence-electron chi connectivity index (χ1n) is 10.2. The van der Waals surface area contributed by atoms with E-state index >= 15 is 0 Å². The molecule has 0 saturated heterocycles. The van der Waals surface area contributed by atoms with Crippen LogP contribution in [0.5, 0.6) is 0 Å². The molecule has 0 aliphatic heterocycles. The summed E-state index contributed by atoms with van der Waals surface area (Å²) in [4.78, 5) is 22.4. The minimum atomic E-state index is -0.722. The Hall–Kier alpha value is -3.06. The average Bonchev–Trinajstić information content (AvgIpc) is 2.74. The predicted molar refractivity (Wildman–Crippen MR) is 123 cm³/mol. The van der Waals surface area contributed by atoms with E-state index in [0.717, 1.165) is 23.2 Å². The van der Waals surface area contributed by atoms with Crippen molar-refractivity contribution in [3.05, 3.63) is 65.7 Å². The molecule has 160 valence electrons. The minimum Gasteiger partial charge on any atom is -0.481 e. The van der Waals surface area contributed by atoms with Gasteiger partial charge >= 0.3 is 5.97 Å². The highest BCUT2D eigenvalue weighted by Gasteiger charge is 2.25. The molecule has 0 fully saturated rings. The molecule has 0 aliphatic rings. The fourth-order valence-electron chi connectivity index (χ4n) is 1.91. The zero-order chi connectivity index (χ0) is 22.8. The Morgan fingerprint density at radius 3 is 1.67 bits per heavy atom. The second-order valence-electron chi connectivity index (χ2n) is 8.43. The Kier molecular flexibility index (Phi) is 9.33. The number of carbonyl (C=O) groups excluding carboxylic acids is 1. The van der Waals surface area contributed by atoms with Gasteiger partial charge in [0.15, 0.2) is 0 Å². The minimum absolute atomic E-state index is 0.0399. The predicted octanol–water partition coefficient (Wildman–Crippen LogP) is 5.97. The zero-order valence-corrected chi connectivity index (χ0v) is 18.9. The maximum Gasteiger partial charge on any atom is 0.309 e. The summed E-state index contributed by atoms with van der Waals surface area (Å²) in [5.74, 6) is 5.56. The molecule has 0 atom stereocenters. The summed E-state index contributed by atoms with van der Waals surface area (Å²) in [5.41, 5.74) is 1.82. The number of carboxylic acid groups (broad SMARTS) is 1. The van der Waals surface area contributed by atoms with Crippen molar-refractivity contribution in [3.8, 4) is 11.8 Å². The maximum atomic E-state index is 12.1. The van der Waals surface area contributed by atoms with Gasteiger partial charge in [0.2, 0.25) is 5.91 Å². The van der Waals surface area contributed by atoms with Crippen molar-refractivity contribution in [1.82, 2.24) is 0 Å². The van der Waals surface area contributed by atoms with Crippen LogP contribution in [0.1, 0.15) is 65.5 Å². The highest BCUT2D eigenvalue weighted by Crippen LogP contribution is 2.22. The van der Waals surface area contributed by atoms with Crippen LogP contribution in [0.15, 0.2) is 54.6 Å². The molecule has 0 bridgehead atoms. The molecule has 0 unspecified atom stereocenters. The number of hydrogen-bond acceptors (Lipinski definition) is 2. The Morgan fingerprint density at radius 1 is 0.800 bits per heavy atom. The van der Waals surface area contributed by atoms with E-state index in [1.54, 1.807) is 13.8 Å². The lowest BCUT2D eigenvalue weighted by Crippen LogP contribution is -2.29. The fraction of sp³-hybridized carbons (Fsp3) is 0.385. The summed E-state index contributed by atoms with van der Waals surface area (Å²) in [6, 6.07) is 17.5. The molecule has 0 aliphatic carbocycles. The lowest BCUT2D eigenvalue weighted by atomic mass is 9.89. The standard InChI is InChI=1S/C20H21NO.C6H12O2/c1-4-20(2,3)19(22)21-18-14-12-17(13-15-18)11-10-16-8-6-5-7-9-16;1-4-6(2,3)5(7)8/h5-9,12-15H,4H2,1-3H3,(H,21,22);4H2,1-3H3,(H,7,8). The van der Waals surface area contributed by atoms with Crippen LogP contribution in [0, 0.1) is 22.7 Å². The quantitative estimate of drug-likeness (QED) is 0.600. The fourth-order valence-corrected chi connectivity index (χ4v) is 1.91. The molecule has 2 N–H and O–H groups in total. The molecular weight excluding hydrogens is 374 g/mol. The van der Waals surface area contributed by atoms with Crippen LogP contribution in [0.4, 0.5) is 5.69 Å². The molecule has 0 aromatic heterocycles. The van der Waals surface area contributed by atoms with E-state index in [0.29, 0.717) is 6.42 Å². The number of nitrogens with one attached hydrogen (secondary N) is 1. The highest BCUT2D eigenvalue weighted by atomic mass is 16.4. The van der Waals surface area contributed by atoms with E-state index in [2.05, 4.69) is 17.2 Å². The van der Waals surface area contributed by atoms with Gasteiger partial charge in [0.25, 0.3) is 0 Å². The van der Waals surface area contributed by atoms with Crippen LogP contribution in [0.25, 0.3) is 0 Å². The molecule has 2 aromatic rings. The van der Waals surface area contributed by atoms with Crippen molar-refractivity contribution >= 4 is 17.6 Å². The summed E-state index contributed by atoms with van der Waals surface area (Å²) in [6.07, 6.45) is 1.49. The molecule has 30 heavy (non-hydrogen) atoms. The van der Waals surface area contributed by atoms with Gasteiger partial charge in [-0.3, -0.25) is 9.59 Å². The topological polar surface area (TPSA) is 66.4 Å². The van der Waals surface area contributed by atoms with Crippen molar-refractivity contribution < 1.29 is 14.7 Å². The lowest BCUT2D eigenvalue weighted by molar-refractivity contribution is -0.147. The zero-order valence-electron chi connectivity index (χ0n) is 18.9. The molecular formula is C26H33NO3. The van der Waals surface area contributed by atoms with Gasteiger partial charge in [-0.15, -0.1) is 0 Å². The van der Waals surface area contributed by atoms with Crippen molar-refractivity contribution in [3.63, 3.8) is 0 Å². The van der Waals surface area contributed by atoms with E-state index in [9.17, 15) is 9.59 Å². The summed E-state index contributed by atoms with van der Waals surface area (Å²) < 4.78 is 0. The molecule has 1 amide bonds. The number of anilines is 1. The largest absolute Gasteiger partial charge is 0.481 e. The highest BCUT2D eigenvalue weighted by molar-refractivity contribution is 5.94. The van der Waals surface area contributed by atoms with Gasteiger partial charge in [-0.05, 0) is 63.1 Å². The van der Waals surface area contributed by atoms with Gasteiger partial charge in [0.05, 0.1) is 5.41 Å². The third kappa shape index (κ3) is 8.13. The van der Waals surface area contributed by atoms with E-state index in [4.69, 9.17) is 5.11 Å². The van der Waals surface area contributed by atoms with Gasteiger partial charge < -0.3 is 10.4 Å². The molecule has 0 heterocycles. The summed E-state index contributed by atoms with van der Waals surface area (Å²) in [5, 5.41) is 11.4. The summed E-state index contributed by atoms with van der Waals surface area (Å²) in [7, 11) is 0. The number of hydrogen-bond donors (Lipinski definition) is 2. The van der Waals surface area contributed by atoms with Gasteiger partial charge in [-0.2, -0.15) is 0 Å². The SMILES string of the molecule is CCC(C)(C)C(=O)Nc1ccc(C#Cc2ccccc2)cc1.CCC(C)(C)C(=O)O. The van der Waals surface area contributed by atoms with Gasteiger partial charge in [0.1, 0.15) is 0 Å². The number of rotatable bonds is 5. The Labute approximate surface area is 180 Å². The maximum absolute atomic E-state index is 12.1. The number of amides is 1. The summed E-state index contributed by atoms with van der Waals surface area (Å²) in [6.45, 7) is 11.2. The van der Waals surface area contributed by atoms with Gasteiger partial charge in [0, 0.05) is 22.2 Å². The van der Waals surface area contributed by atoms with Crippen molar-refractivity contribution in [1.29, 1.82) is 0 Å². The molecule has 0 radical (unpaired) electrons. The second kappa shape index (κ2) is 11.2. The Balaban J connectivity index is 0.000000479. The first-order valence-corrected chi connectivity index (χ1v) is 10.2. The van der Waals surface area contributed by atoms with Crippen molar-refractivity contribution in [2.45, 2.75) is 54.4 Å². The monoisotopic (exact) mass is 407 g/mol. The van der Waals surface area contributed by atoms with E-state index in [1.807, 2.05) is 82.3 Å². The molecule has 0 saturated carbocycles. The smallest absolute Gasteiger partial charge is 0.309 e. The molecule has 4 nitrogen and oxygen atoms in total. The van der Waals surface area contributed by atoms with Crippen LogP contribution < -0.4 is 5.32 Å². The Bertz CT molecular complexity index is 885. The van der Waals surface area contributed by atoms with Crippen molar-refractivity contribution in [2.24, 2.45) is 10.8 Å². The van der Waals surface area contributed by atoms with Crippen LogP contribution in [-0.4, -0.2) is 17.0 Å². The number of benzene rings is 2. The third-order valence-electron chi connectivity index (χ3n) is 5.23. The van der Waals surface area contributed by atoms with Crippen LogP contribution >= 0.6 is 0 Å². The van der Waals surface area contributed by atoms with Gasteiger partial charge in [-0.1, -0.05) is 57.7 Å². The first-order chi connectivity index (χ1) is 14.0. The van der Waals surface area contributed by atoms with Crippen LogP contribution in [-0.2, 0) is 9.59 Å². The number of carbonyl (C=O) groups is 2. The molecule has 0 spiro atoms. The molecule has 2 rings (SSSR count). The average molecular weight is 408 g/mol. The van der Waals surface area contributed by atoms with E-state index < -0.39 is 11.4 Å². The first kappa shape index (κ1) is 25.0. The lowest BCUT2D eigenvalue weighted by Gasteiger charge is -2.21. The molecule has 4 heteroatoms. The van der Waals surface area contributed by atoms with Crippen molar-refractivity contribution in [2.75, 3.05) is 5.32 Å². The molecule has 2 aromatic carbocycles.